The van der Waals surface area contributed by atoms with Gasteiger partial charge in [-0.25, -0.2) is 9.97 Å². The first-order valence-corrected chi connectivity index (χ1v) is 9.96. The van der Waals surface area contributed by atoms with Crippen LogP contribution in [0.2, 0.25) is 0 Å². The maximum atomic E-state index is 12.2. The zero-order chi connectivity index (χ0) is 18.6. The molecule has 0 aliphatic carbocycles. The van der Waals surface area contributed by atoms with Crippen LogP contribution in [0.3, 0.4) is 0 Å². The van der Waals surface area contributed by atoms with Crippen LogP contribution in [0.25, 0.3) is 21.7 Å². The zero-order valence-electron chi connectivity index (χ0n) is 14.2. The van der Waals surface area contributed by atoms with Crippen molar-refractivity contribution in [2.24, 2.45) is 0 Å². The molecular formula is C18H14N4O3S2. The number of nitrogens with zero attached hydrogens (tertiary/aromatic N) is 4. The van der Waals surface area contributed by atoms with Crippen molar-refractivity contribution in [2.45, 2.75) is 18.1 Å². The van der Waals surface area contributed by atoms with Crippen LogP contribution in [0.4, 0.5) is 0 Å². The highest BCUT2D eigenvalue weighted by molar-refractivity contribution is 8.00. The van der Waals surface area contributed by atoms with E-state index in [0.29, 0.717) is 5.89 Å². The number of rotatable bonds is 6. The van der Waals surface area contributed by atoms with E-state index in [0.717, 1.165) is 20.8 Å². The van der Waals surface area contributed by atoms with Gasteiger partial charge in [-0.1, -0.05) is 30.0 Å². The monoisotopic (exact) mass is 398 g/mol. The largest absolute Gasteiger partial charge is 0.452 e. The zero-order valence-corrected chi connectivity index (χ0v) is 15.9. The third-order valence-electron chi connectivity index (χ3n) is 3.67. The first kappa shape index (κ1) is 17.6. The molecule has 0 bridgehead atoms. The van der Waals surface area contributed by atoms with Gasteiger partial charge in [-0.15, -0.1) is 21.5 Å². The Labute approximate surface area is 162 Å². The summed E-state index contributed by atoms with van der Waals surface area (Å²) in [6, 6.07) is 11.4. The second-order valence-corrected chi connectivity index (χ2v) is 7.41. The molecule has 0 fully saturated rings. The fourth-order valence-corrected chi connectivity index (χ4v) is 3.95. The van der Waals surface area contributed by atoms with Crippen LogP contribution in [-0.2, 0) is 9.53 Å². The summed E-state index contributed by atoms with van der Waals surface area (Å²) in [5.41, 5.74) is 0.814. The standard InChI is InChI=1S/C18H14N4O3S2/c1-11(15-21-22-16(25-15)12-5-3-2-4-6-12)24-14(23)9-27-18-13-7-8-26-17(13)19-10-20-18/h2-8,10-11H,9H2,1H3/t11-/m0/s1. The topological polar surface area (TPSA) is 91.0 Å². The van der Waals surface area contributed by atoms with Crippen LogP contribution in [0.5, 0.6) is 0 Å². The van der Waals surface area contributed by atoms with Gasteiger partial charge in [0.05, 0.1) is 5.75 Å². The molecule has 1 aromatic carbocycles. The highest BCUT2D eigenvalue weighted by atomic mass is 32.2. The van der Waals surface area contributed by atoms with Gasteiger partial charge in [0.2, 0.25) is 5.89 Å². The Bertz CT molecular complexity index is 1060. The Hall–Kier alpha value is -2.78. The average Bonchev–Trinajstić information content (AvgIpc) is 3.36. The Balaban J connectivity index is 1.37. The minimum absolute atomic E-state index is 0.131. The number of thiophene rings is 1. The molecule has 1 atom stereocenters. The SMILES string of the molecule is C[C@H](OC(=O)CSc1ncnc2sccc12)c1nnc(-c2ccccc2)o1. The fraction of sp³-hybridized carbons (Fsp3) is 0.167. The smallest absolute Gasteiger partial charge is 0.317 e. The number of thioether (sulfide) groups is 1. The van der Waals surface area contributed by atoms with Gasteiger partial charge in [0, 0.05) is 10.9 Å². The third-order valence-corrected chi connectivity index (χ3v) is 5.47. The number of hydrogen-bond donors (Lipinski definition) is 0. The van der Waals surface area contributed by atoms with Crippen LogP contribution < -0.4 is 0 Å². The van der Waals surface area contributed by atoms with E-state index in [9.17, 15) is 4.79 Å². The van der Waals surface area contributed by atoms with Gasteiger partial charge in [0.15, 0.2) is 6.10 Å². The molecule has 3 aromatic heterocycles. The van der Waals surface area contributed by atoms with E-state index in [-0.39, 0.29) is 17.6 Å². The van der Waals surface area contributed by atoms with E-state index in [1.54, 1.807) is 6.92 Å². The van der Waals surface area contributed by atoms with Crippen LogP contribution in [0.15, 0.2) is 57.5 Å². The first-order valence-electron chi connectivity index (χ1n) is 8.10. The Kier molecular flexibility index (Phi) is 5.12. The molecule has 0 saturated carbocycles. The van der Waals surface area contributed by atoms with Crippen molar-refractivity contribution in [3.8, 4) is 11.5 Å². The molecule has 4 rings (SSSR count). The molecule has 0 radical (unpaired) electrons. The normalized spacial score (nSPS) is 12.2. The van der Waals surface area contributed by atoms with E-state index in [2.05, 4.69) is 20.2 Å². The summed E-state index contributed by atoms with van der Waals surface area (Å²) in [4.78, 5) is 21.5. The van der Waals surface area contributed by atoms with Crippen molar-refractivity contribution in [1.29, 1.82) is 0 Å². The van der Waals surface area contributed by atoms with Crippen molar-refractivity contribution in [2.75, 3.05) is 5.75 Å². The molecule has 9 heteroatoms. The lowest BCUT2D eigenvalue weighted by atomic mass is 10.2. The van der Waals surface area contributed by atoms with E-state index >= 15 is 0 Å². The average molecular weight is 398 g/mol. The molecule has 0 spiro atoms. The first-order chi connectivity index (χ1) is 13.2. The van der Waals surface area contributed by atoms with Gasteiger partial charge >= 0.3 is 5.97 Å². The van der Waals surface area contributed by atoms with E-state index in [4.69, 9.17) is 9.15 Å². The lowest BCUT2D eigenvalue weighted by molar-refractivity contribution is -0.146. The number of hydrogen-bond acceptors (Lipinski definition) is 9. The Morgan fingerprint density at radius 2 is 2.07 bits per heavy atom. The molecule has 0 N–H and O–H groups in total. The summed E-state index contributed by atoms with van der Waals surface area (Å²) in [7, 11) is 0. The molecule has 0 saturated heterocycles. The second kappa shape index (κ2) is 7.85. The van der Waals surface area contributed by atoms with E-state index in [1.165, 1.54) is 29.4 Å². The van der Waals surface area contributed by atoms with Crippen molar-refractivity contribution < 1.29 is 13.9 Å². The van der Waals surface area contributed by atoms with Gasteiger partial charge in [-0.05, 0) is 30.5 Å². The number of carbonyl (C=O) groups is 1. The molecule has 0 aliphatic rings. The van der Waals surface area contributed by atoms with Crippen molar-refractivity contribution in [3.05, 3.63) is 54.0 Å². The van der Waals surface area contributed by atoms with Gasteiger partial charge in [0.1, 0.15) is 16.2 Å². The number of esters is 1. The van der Waals surface area contributed by atoms with Crippen LogP contribution in [-0.4, -0.2) is 31.9 Å². The highest BCUT2D eigenvalue weighted by Crippen LogP contribution is 2.28. The third kappa shape index (κ3) is 3.99. The van der Waals surface area contributed by atoms with Gasteiger partial charge < -0.3 is 9.15 Å². The molecular weight excluding hydrogens is 384 g/mol. The highest BCUT2D eigenvalue weighted by Gasteiger charge is 2.19. The second-order valence-electron chi connectivity index (χ2n) is 5.55. The van der Waals surface area contributed by atoms with E-state index in [1.807, 2.05) is 41.8 Å². The number of carbonyl (C=O) groups excluding carboxylic acids is 1. The van der Waals surface area contributed by atoms with E-state index < -0.39 is 6.10 Å². The Morgan fingerprint density at radius 3 is 2.93 bits per heavy atom. The summed E-state index contributed by atoms with van der Waals surface area (Å²) in [5.74, 6) is 0.401. The number of aromatic nitrogens is 4. The lowest BCUT2D eigenvalue weighted by Gasteiger charge is -2.09. The van der Waals surface area contributed by atoms with Crippen molar-refractivity contribution >= 4 is 39.3 Å². The van der Waals surface area contributed by atoms with Gasteiger partial charge in [0.25, 0.3) is 5.89 Å². The molecule has 4 aromatic rings. The van der Waals surface area contributed by atoms with Gasteiger partial charge in [-0.3, -0.25) is 4.79 Å². The van der Waals surface area contributed by atoms with Crippen molar-refractivity contribution in [3.63, 3.8) is 0 Å². The summed E-state index contributed by atoms with van der Waals surface area (Å²) in [6.07, 6.45) is 0.869. The minimum atomic E-state index is -0.630. The number of benzene rings is 1. The summed E-state index contributed by atoms with van der Waals surface area (Å²) in [5, 5.41) is 11.6. The predicted octanol–water partition coefficient (Wildman–Crippen LogP) is 4.14. The molecule has 27 heavy (non-hydrogen) atoms. The molecule has 136 valence electrons. The van der Waals surface area contributed by atoms with Crippen molar-refractivity contribution in [1.82, 2.24) is 20.2 Å². The summed E-state index contributed by atoms with van der Waals surface area (Å²) < 4.78 is 11.0. The molecule has 0 aliphatic heterocycles. The van der Waals surface area contributed by atoms with Crippen LogP contribution >= 0.6 is 23.1 Å². The number of ether oxygens (including phenoxy) is 1. The molecule has 3 heterocycles. The molecule has 0 unspecified atom stereocenters. The maximum absolute atomic E-state index is 12.2. The van der Waals surface area contributed by atoms with Crippen LogP contribution in [0, 0.1) is 0 Å². The summed E-state index contributed by atoms with van der Waals surface area (Å²) >= 11 is 2.85. The quantitative estimate of drug-likeness (QED) is 0.272. The summed E-state index contributed by atoms with van der Waals surface area (Å²) in [6.45, 7) is 1.70. The Morgan fingerprint density at radius 1 is 1.22 bits per heavy atom. The fourth-order valence-electron chi connectivity index (χ4n) is 2.39. The van der Waals surface area contributed by atoms with Crippen LogP contribution in [0.1, 0.15) is 18.9 Å². The molecule has 7 nitrogen and oxygen atoms in total. The maximum Gasteiger partial charge on any atom is 0.317 e. The lowest BCUT2D eigenvalue weighted by Crippen LogP contribution is -2.11. The number of fused-ring (bicyclic) bond motifs is 1. The molecule has 0 amide bonds. The minimum Gasteiger partial charge on any atom is -0.452 e. The van der Waals surface area contributed by atoms with Gasteiger partial charge in [-0.2, -0.15) is 0 Å². The predicted molar refractivity (Wildman–Crippen MR) is 102 cm³/mol.